The van der Waals surface area contributed by atoms with Crippen LogP contribution in [0.1, 0.15) is 10.4 Å². The van der Waals surface area contributed by atoms with Gasteiger partial charge in [-0.15, -0.1) is 0 Å². The molecule has 2 N–H and O–H groups in total. The molecule has 0 fully saturated rings. The van der Waals surface area contributed by atoms with E-state index in [1.165, 1.54) is 14.2 Å². The standard InChI is InChI=1S/C13H17NO6/c1-18-9-3-4-10(11(7-9)19-2)13(17)14-5-6-20-8-12(15)16/h3-4,7H,5-6,8H2,1-2H3,(H,14,17)(H,15,16). The highest BCUT2D eigenvalue weighted by molar-refractivity contribution is 5.97. The lowest BCUT2D eigenvalue weighted by molar-refractivity contribution is -0.142. The zero-order chi connectivity index (χ0) is 15.0. The van der Waals surface area contributed by atoms with Gasteiger partial charge in [-0.05, 0) is 12.1 Å². The van der Waals surface area contributed by atoms with Gasteiger partial charge in [0.05, 0.1) is 26.4 Å². The smallest absolute Gasteiger partial charge is 0.329 e. The minimum Gasteiger partial charge on any atom is -0.497 e. The van der Waals surface area contributed by atoms with Gasteiger partial charge in [0.1, 0.15) is 18.1 Å². The molecule has 0 saturated heterocycles. The number of amides is 1. The molecule has 7 nitrogen and oxygen atoms in total. The van der Waals surface area contributed by atoms with Crippen molar-refractivity contribution in [1.29, 1.82) is 0 Å². The number of benzene rings is 1. The van der Waals surface area contributed by atoms with Crippen LogP contribution in [-0.4, -0.2) is 51.0 Å². The first-order valence-corrected chi connectivity index (χ1v) is 5.88. The Hall–Kier alpha value is -2.28. The van der Waals surface area contributed by atoms with Crippen LogP contribution < -0.4 is 14.8 Å². The topological polar surface area (TPSA) is 94.1 Å². The van der Waals surface area contributed by atoms with Gasteiger partial charge in [0.25, 0.3) is 5.91 Å². The van der Waals surface area contributed by atoms with Crippen LogP contribution in [0.15, 0.2) is 18.2 Å². The van der Waals surface area contributed by atoms with Gasteiger partial charge in [-0.3, -0.25) is 4.79 Å². The molecular formula is C13H17NO6. The summed E-state index contributed by atoms with van der Waals surface area (Å²) in [6.45, 7) is -0.0560. The van der Waals surface area contributed by atoms with Crippen molar-refractivity contribution >= 4 is 11.9 Å². The summed E-state index contributed by atoms with van der Waals surface area (Å²) in [7, 11) is 2.98. The largest absolute Gasteiger partial charge is 0.497 e. The number of hydrogen-bond acceptors (Lipinski definition) is 5. The van der Waals surface area contributed by atoms with Gasteiger partial charge >= 0.3 is 5.97 Å². The number of carboxylic acid groups (broad SMARTS) is 1. The van der Waals surface area contributed by atoms with Gasteiger partial charge in [0.15, 0.2) is 0 Å². The summed E-state index contributed by atoms with van der Waals surface area (Å²) in [4.78, 5) is 22.1. The third-order valence-electron chi connectivity index (χ3n) is 2.41. The summed E-state index contributed by atoms with van der Waals surface area (Å²) in [6, 6.07) is 4.85. The Morgan fingerprint density at radius 3 is 2.60 bits per heavy atom. The van der Waals surface area contributed by atoms with Crippen LogP contribution in [0.2, 0.25) is 0 Å². The Morgan fingerprint density at radius 2 is 2.00 bits per heavy atom. The van der Waals surface area contributed by atoms with Crippen molar-refractivity contribution in [3.8, 4) is 11.5 Å². The van der Waals surface area contributed by atoms with Crippen LogP contribution in [0.25, 0.3) is 0 Å². The molecule has 1 aromatic carbocycles. The molecule has 0 aromatic heterocycles. The molecule has 110 valence electrons. The summed E-state index contributed by atoms with van der Waals surface area (Å²) >= 11 is 0. The van der Waals surface area contributed by atoms with Crippen molar-refractivity contribution in [3.05, 3.63) is 23.8 Å². The molecule has 0 atom stereocenters. The van der Waals surface area contributed by atoms with E-state index < -0.39 is 5.97 Å². The molecule has 0 spiro atoms. The average Bonchev–Trinajstić information content (AvgIpc) is 2.45. The molecule has 0 unspecified atom stereocenters. The van der Waals surface area contributed by atoms with E-state index in [4.69, 9.17) is 19.3 Å². The number of methoxy groups -OCH3 is 2. The van der Waals surface area contributed by atoms with Gasteiger partial charge < -0.3 is 24.6 Å². The summed E-state index contributed by atoms with van der Waals surface area (Å²) in [5, 5.41) is 11.0. The number of nitrogens with one attached hydrogen (secondary N) is 1. The molecule has 0 aliphatic heterocycles. The fourth-order valence-electron chi connectivity index (χ4n) is 1.48. The predicted octanol–water partition coefficient (Wildman–Crippen LogP) is 0.535. The Morgan fingerprint density at radius 1 is 1.25 bits per heavy atom. The zero-order valence-corrected chi connectivity index (χ0v) is 11.3. The van der Waals surface area contributed by atoms with Gasteiger partial charge in [-0.1, -0.05) is 0 Å². The van der Waals surface area contributed by atoms with Crippen LogP contribution in [0.5, 0.6) is 11.5 Å². The molecule has 1 rings (SSSR count). The molecule has 0 aliphatic rings. The number of carbonyl (C=O) groups excluding carboxylic acids is 1. The van der Waals surface area contributed by atoms with Crippen LogP contribution in [0.3, 0.4) is 0 Å². The molecule has 0 bridgehead atoms. The lowest BCUT2D eigenvalue weighted by Crippen LogP contribution is -2.28. The van der Waals surface area contributed by atoms with Crippen molar-refractivity contribution in [2.45, 2.75) is 0 Å². The number of carboxylic acids is 1. The molecule has 1 amide bonds. The van der Waals surface area contributed by atoms with Crippen LogP contribution >= 0.6 is 0 Å². The van der Waals surface area contributed by atoms with Crippen LogP contribution in [0, 0.1) is 0 Å². The maximum Gasteiger partial charge on any atom is 0.329 e. The zero-order valence-electron chi connectivity index (χ0n) is 11.3. The number of ether oxygens (including phenoxy) is 3. The van der Waals surface area contributed by atoms with E-state index in [9.17, 15) is 9.59 Å². The molecule has 1 aromatic rings. The van der Waals surface area contributed by atoms with Crippen molar-refractivity contribution in [1.82, 2.24) is 5.32 Å². The highest BCUT2D eigenvalue weighted by Crippen LogP contribution is 2.24. The SMILES string of the molecule is COc1ccc(C(=O)NCCOCC(=O)O)c(OC)c1. The monoisotopic (exact) mass is 283 g/mol. The number of aliphatic carboxylic acids is 1. The lowest BCUT2D eigenvalue weighted by atomic mass is 10.1. The average molecular weight is 283 g/mol. The predicted molar refractivity (Wildman–Crippen MR) is 70.3 cm³/mol. The molecule has 0 radical (unpaired) electrons. The molecule has 0 heterocycles. The minimum absolute atomic E-state index is 0.122. The second kappa shape index (κ2) is 8.00. The molecule has 7 heteroatoms. The van der Waals surface area contributed by atoms with Crippen molar-refractivity contribution in [3.63, 3.8) is 0 Å². The van der Waals surface area contributed by atoms with E-state index in [2.05, 4.69) is 5.32 Å². The fraction of sp³-hybridized carbons (Fsp3) is 0.385. The highest BCUT2D eigenvalue weighted by atomic mass is 16.5. The van der Waals surface area contributed by atoms with Crippen molar-refractivity contribution in [2.24, 2.45) is 0 Å². The Labute approximate surface area is 116 Å². The van der Waals surface area contributed by atoms with E-state index in [1.807, 2.05) is 0 Å². The Balaban J connectivity index is 2.52. The molecular weight excluding hydrogens is 266 g/mol. The van der Waals surface area contributed by atoms with E-state index in [-0.39, 0.29) is 25.7 Å². The van der Waals surface area contributed by atoms with Crippen molar-refractivity contribution < 1.29 is 28.9 Å². The van der Waals surface area contributed by atoms with Gasteiger partial charge in [0, 0.05) is 12.6 Å². The van der Waals surface area contributed by atoms with Crippen LogP contribution in [-0.2, 0) is 9.53 Å². The fourth-order valence-corrected chi connectivity index (χ4v) is 1.48. The second-order valence-corrected chi connectivity index (χ2v) is 3.77. The summed E-state index contributed by atoms with van der Waals surface area (Å²) in [5.74, 6) is -0.395. The maximum atomic E-state index is 11.9. The third kappa shape index (κ3) is 4.77. The Bertz CT molecular complexity index is 474. The van der Waals surface area contributed by atoms with Gasteiger partial charge in [-0.25, -0.2) is 4.79 Å². The quantitative estimate of drug-likeness (QED) is 0.676. The molecule has 0 aliphatic carbocycles. The highest BCUT2D eigenvalue weighted by Gasteiger charge is 2.12. The summed E-state index contributed by atoms with van der Waals surface area (Å²) < 4.78 is 15.0. The molecule has 20 heavy (non-hydrogen) atoms. The lowest BCUT2D eigenvalue weighted by Gasteiger charge is -2.10. The first-order valence-electron chi connectivity index (χ1n) is 5.88. The summed E-state index contributed by atoms with van der Waals surface area (Å²) in [6.07, 6.45) is 0. The van der Waals surface area contributed by atoms with Crippen LogP contribution in [0.4, 0.5) is 0 Å². The maximum absolute atomic E-state index is 11.9. The number of rotatable bonds is 8. The number of carbonyl (C=O) groups is 2. The van der Waals surface area contributed by atoms with E-state index in [1.54, 1.807) is 18.2 Å². The van der Waals surface area contributed by atoms with Gasteiger partial charge in [-0.2, -0.15) is 0 Å². The first-order chi connectivity index (χ1) is 9.58. The normalized spacial score (nSPS) is 9.90. The minimum atomic E-state index is -1.05. The van der Waals surface area contributed by atoms with E-state index in [0.717, 1.165) is 0 Å². The van der Waals surface area contributed by atoms with Gasteiger partial charge in [0.2, 0.25) is 0 Å². The van der Waals surface area contributed by atoms with E-state index in [0.29, 0.717) is 17.1 Å². The number of hydrogen-bond donors (Lipinski definition) is 2. The molecule has 0 saturated carbocycles. The van der Waals surface area contributed by atoms with E-state index >= 15 is 0 Å². The Kier molecular flexibility index (Phi) is 6.31. The van der Waals surface area contributed by atoms with Crippen molar-refractivity contribution in [2.75, 3.05) is 34.0 Å². The first kappa shape index (κ1) is 15.8. The third-order valence-corrected chi connectivity index (χ3v) is 2.41. The summed E-state index contributed by atoms with van der Waals surface area (Å²) in [5.41, 5.74) is 0.367. The second-order valence-electron chi connectivity index (χ2n) is 3.77.